The molecule has 1 aliphatic rings. The van der Waals surface area contributed by atoms with E-state index in [0.29, 0.717) is 0 Å². The molecular weight excluding hydrogens is 164 g/mol. The van der Waals surface area contributed by atoms with Crippen molar-refractivity contribution in [2.75, 3.05) is 13.1 Å². The first kappa shape index (κ1) is 10.5. The first-order valence-corrected chi connectivity index (χ1v) is 5.22. The zero-order valence-electron chi connectivity index (χ0n) is 8.68. The number of amides is 1. The van der Waals surface area contributed by atoms with Gasteiger partial charge in [-0.1, -0.05) is 13.8 Å². The Balaban J connectivity index is 2.80. The fourth-order valence-corrected chi connectivity index (χ4v) is 2.35. The number of likely N-dealkylation sites (tertiary alicyclic amines) is 1. The van der Waals surface area contributed by atoms with Crippen molar-refractivity contribution in [1.82, 2.24) is 4.90 Å². The molecule has 0 aromatic heterocycles. The van der Waals surface area contributed by atoms with Crippen LogP contribution in [0.4, 0.5) is 0 Å². The topological polar surface area (TPSA) is 46.3 Å². The van der Waals surface area contributed by atoms with E-state index in [2.05, 4.69) is 4.90 Å². The molecule has 3 nitrogen and oxygen atoms in total. The van der Waals surface area contributed by atoms with Crippen LogP contribution in [-0.2, 0) is 4.79 Å². The maximum atomic E-state index is 11.5. The third-order valence-electron chi connectivity index (χ3n) is 3.34. The van der Waals surface area contributed by atoms with Crippen LogP contribution in [0.25, 0.3) is 0 Å². The average molecular weight is 184 g/mol. The highest BCUT2D eigenvalue weighted by Gasteiger charge is 2.40. The molecule has 0 unspecified atom stereocenters. The Morgan fingerprint density at radius 1 is 1.31 bits per heavy atom. The van der Waals surface area contributed by atoms with Gasteiger partial charge in [0.25, 0.3) is 0 Å². The fourth-order valence-electron chi connectivity index (χ4n) is 2.35. The molecule has 0 atom stereocenters. The normalized spacial score (nSPS) is 19.2. The van der Waals surface area contributed by atoms with Crippen molar-refractivity contribution < 1.29 is 4.79 Å². The summed E-state index contributed by atoms with van der Waals surface area (Å²) in [6.45, 7) is 6.16. The van der Waals surface area contributed by atoms with Gasteiger partial charge in [0.05, 0.1) is 5.54 Å². The summed E-state index contributed by atoms with van der Waals surface area (Å²) >= 11 is 0. The van der Waals surface area contributed by atoms with Crippen molar-refractivity contribution in [3.05, 3.63) is 0 Å². The lowest BCUT2D eigenvalue weighted by molar-refractivity contribution is -0.130. The molecule has 13 heavy (non-hydrogen) atoms. The minimum atomic E-state index is -0.365. The van der Waals surface area contributed by atoms with Gasteiger partial charge in [-0.25, -0.2) is 0 Å². The van der Waals surface area contributed by atoms with Gasteiger partial charge in [0.1, 0.15) is 0 Å². The van der Waals surface area contributed by atoms with Gasteiger partial charge in [0.2, 0.25) is 5.91 Å². The second-order valence-electron chi connectivity index (χ2n) is 3.80. The standard InChI is InChI=1S/C10H20N2O/c1-3-10(4-2,9(11)13)12-7-5-6-8-12/h3-8H2,1-2H3,(H2,11,13). The number of rotatable bonds is 4. The van der Waals surface area contributed by atoms with Crippen LogP contribution in [0.2, 0.25) is 0 Å². The molecule has 0 aromatic rings. The van der Waals surface area contributed by atoms with E-state index in [1.165, 1.54) is 12.8 Å². The first-order valence-electron chi connectivity index (χ1n) is 5.22. The van der Waals surface area contributed by atoms with E-state index in [1.54, 1.807) is 0 Å². The average Bonchev–Trinajstić information content (AvgIpc) is 2.60. The summed E-state index contributed by atoms with van der Waals surface area (Å²) < 4.78 is 0. The van der Waals surface area contributed by atoms with Crippen molar-refractivity contribution in [2.45, 2.75) is 45.1 Å². The van der Waals surface area contributed by atoms with Gasteiger partial charge in [-0.2, -0.15) is 0 Å². The zero-order valence-corrected chi connectivity index (χ0v) is 8.68. The summed E-state index contributed by atoms with van der Waals surface area (Å²) in [6.07, 6.45) is 4.07. The maximum Gasteiger partial charge on any atom is 0.237 e. The van der Waals surface area contributed by atoms with Crippen LogP contribution in [0.5, 0.6) is 0 Å². The summed E-state index contributed by atoms with van der Waals surface area (Å²) in [4.78, 5) is 13.7. The molecule has 1 saturated heterocycles. The number of nitrogens with zero attached hydrogens (tertiary/aromatic N) is 1. The lowest BCUT2D eigenvalue weighted by atomic mass is 9.90. The molecule has 0 bridgehead atoms. The Bertz CT molecular complexity index is 181. The summed E-state index contributed by atoms with van der Waals surface area (Å²) in [6, 6.07) is 0. The number of carbonyl (C=O) groups is 1. The van der Waals surface area contributed by atoms with Crippen LogP contribution in [0.15, 0.2) is 0 Å². The van der Waals surface area contributed by atoms with Crippen LogP contribution in [0.3, 0.4) is 0 Å². The van der Waals surface area contributed by atoms with Crippen molar-refractivity contribution >= 4 is 5.91 Å². The number of nitrogens with two attached hydrogens (primary N) is 1. The molecular formula is C10H20N2O. The van der Waals surface area contributed by atoms with Crippen LogP contribution in [0.1, 0.15) is 39.5 Å². The smallest absolute Gasteiger partial charge is 0.237 e. The Morgan fingerprint density at radius 3 is 2.08 bits per heavy atom. The van der Waals surface area contributed by atoms with E-state index >= 15 is 0 Å². The second-order valence-corrected chi connectivity index (χ2v) is 3.80. The number of hydrogen-bond donors (Lipinski definition) is 1. The third-order valence-corrected chi connectivity index (χ3v) is 3.34. The predicted molar refractivity (Wildman–Crippen MR) is 53.3 cm³/mol. The van der Waals surface area contributed by atoms with Crippen LogP contribution >= 0.6 is 0 Å². The summed E-state index contributed by atoms with van der Waals surface area (Å²) in [5.41, 5.74) is 5.13. The SMILES string of the molecule is CCC(CC)(C(N)=O)N1CCCC1. The fraction of sp³-hybridized carbons (Fsp3) is 0.900. The lowest BCUT2D eigenvalue weighted by Gasteiger charge is -2.37. The van der Waals surface area contributed by atoms with Crippen molar-refractivity contribution in [1.29, 1.82) is 0 Å². The molecule has 2 N–H and O–H groups in total. The molecule has 0 aliphatic carbocycles. The minimum Gasteiger partial charge on any atom is -0.368 e. The third kappa shape index (κ3) is 1.70. The van der Waals surface area contributed by atoms with E-state index in [4.69, 9.17) is 5.73 Å². The summed E-state index contributed by atoms with van der Waals surface area (Å²) in [5.74, 6) is -0.153. The highest BCUT2D eigenvalue weighted by Crippen LogP contribution is 2.27. The van der Waals surface area contributed by atoms with Crippen molar-refractivity contribution in [3.8, 4) is 0 Å². The Kier molecular flexibility index (Phi) is 3.31. The van der Waals surface area contributed by atoms with E-state index in [1.807, 2.05) is 13.8 Å². The quantitative estimate of drug-likeness (QED) is 0.712. The van der Waals surface area contributed by atoms with Crippen LogP contribution < -0.4 is 5.73 Å². The monoisotopic (exact) mass is 184 g/mol. The Hall–Kier alpha value is -0.570. The van der Waals surface area contributed by atoms with E-state index in [9.17, 15) is 4.79 Å². The predicted octanol–water partition coefficient (Wildman–Crippen LogP) is 1.13. The molecule has 1 amide bonds. The molecule has 3 heteroatoms. The highest BCUT2D eigenvalue weighted by molar-refractivity contribution is 5.84. The molecule has 0 radical (unpaired) electrons. The Labute approximate surface area is 80.3 Å². The van der Waals surface area contributed by atoms with Crippen LogP contribution in [-0.4, -0.2) is 29.4 Å². The first-order chi connectivity index (χ1) is 6.17. The molecule has 76 valence electrons. The maximum absolute atomic E-state index is 11.5. The summed E-state index contributed by atoms with van der Waals surface area (Å²) in [7, 11) is 0. The zero-order chi connectivity index (χ0) is 9.90. The lowest BCUT2D eigenvalue weighted by Crippen LogP contribution is -2.55. The number of hydrogen-bond acceptors (Lipinski definition) is 2. The van der Waals surface area contributed by atoms with E-state index in [0.717, 1.165) is 25.9 Å². The van der Waals surface area contributed by atoms with Gasteiger partial charge in [-0.15, -0.1) is 0 Å². The van der Waals surface area contributed by atoms with Gasteiger partial charge in [-0.3, -0.25) is 9.69 Å². The van der Waals surface area contributed by atoms with E-state index < -0.39 is 0 Å². The van der Waals surface area contributed by atoms with Crippen LogP contribution in [0, 0.1) is 0 Å². The van der Waals surface area contributed by atoms with Gasteiger partial charge in [-0.05, 0) is 38.8 Å². The number of carbonyl (C=O) groups excluding carboxylic acids is 1. The highest BCUT2D eigenvalue weighted by atomic mass is 16.1. The van der Waals surface area contributed by atoms with Gasteiger partial charge in [0, 0.05) is 0 Å². The molecule has 0 saturated carbocycles. The van der Waals surface area contributed by atoms with E-state index in [-0.39, 0.29) is 11.4 Å². The number of primary amides is 1. The summed E-state index contributed by atoms with van der Waals surface area (Å²) in [5, 5.41) is 0. The largest absolute Gasteiger partial charge is 0.368 e. The molecule has 1 fully saturated rings. The van der Waals surface area contributed by atoms with Crippen molar-refractivity contribution in [3.63, 3.8) is 0 Å². The molecule has 0 aromatic carbocycles. The Morgan fingerprint density at radius 2 is 1.77 bits per heavy atom. The van der Waals surface area contributed by atoms with Gasteiger partial charge < -0.3 is 5.73 Å². The molecule has 1 aliphatic heterocycles. The van der Waals surface area contributed by atoms with Crippen molar-refractivity contribution in [2.24, 2.45) is 5.73 Å². The second kappa shape index (κ2) is 4.09. The van der Waals surface area contributed by atoms with Gasteiger partial charge in [0.15, 0.2) is 0 Å². The molecule has 1 rings (SSSR count). The molecule has 1 heterocycles. The molecule has 0 spiro atoms. The minimum absolute atomic E-state index is 0.153. The van der Waals surface area contributed by atoms with Gasteiger partial charge >= 0.3 is 0 Å².